The third-order valence-electron chi connectivity index (χ3n) is 5.46. The van der Waals surface area contributed by atoms with Crippen molar-refractivity contribution in [1.29, 1.82) is 0 Å². The summed E-state index contributed by atoms with van der Waals surface area (Å²) in [5.41, 5.74) is -0.0638. The summed E-state index contributed by atoms with van der Waals surface area (Å²) in [5.74, 6) is -5.40. The van der Waals surface area contributed by atoms with E-state index in [0.29, 0.717) is 17.0 Å². The lowest BCUT2D eigenvalue weighted by molar-refractivity contribution is -0.117. The Bertz CT molecular complexity index is 1420. The van der Waals surface area contributed by atoms with Crippen LogP contribution in [0.5, 0.6) is 0 Å². The first-order chi connectivity index (χ1) is 15.8. The van der Waals surface area contributed by atoms with Crippen LogP contribution in [0.15, 0.2) is 88.5 Å². The summed E-state index contributed by atoms with van der Waals surface area (Å²) in [6.45, 7) is 0. The van der Waals surface area contributed by atoms with Gasteiger partial charge in [-0.25, -0.2) is 13.2 Å². The quantitative estimate of drug-likeness (QED) is 0.410. The van der Waals surface area contributed by atoms with Gasteiger partial charge < -0.3 is 9.52 Å². The van der Waals surface area contributed by atoms with Gasteiger partial charge in [-0.05, 0) is 42.0 Å². The minimum atomic E-state index is -1.31. The molecular weight excluding hydrogens is 435 g/mol. The number of furan rings is 1. The lowest BCUT2D eigenvalue weighted by Crippen LogP contribution is -2.31. The minimum Gasteiger partial charge on any atom is -0.503 e. The van der Waals surface area contributed by atoms with Crippen LogP contribution in [0.4, 0.5) is 18.9 Å². The SMILES string of the molecule is O=C(C1=C(O)C(=O)N(c2ccc(F)cc2F)C1c1ccc(F)cc1)c1cc2ccccc2o1. The average Bonchev–Trinajstić information content (AvgIpc) is 3.34. The summed E-state index contributed by atoms with van der Waals surface area (Å²) in [6, 6.07) is 14.4. The molecule has 164 valence electrons. The third-order valence-corrected chi connectivity index (χ3v) is 5.46. The number of amides is 1. The van der Waals surface area contributed by atoms with Gasteiger partial charge in [0.15, 0.2) is 11.5 Å². The molecule has 4 aromatic rings. The van der Waals surface area contributed by atoms with Crippen molar-refractivity contribution >= 4 is 28.3 Å². The molecule has 8 heteroatoms. The number of rotatable bonds is 4. The molecule has 2 heterocycles. The molecule has 1 atom stereocenters. The number of nitrogens with zero attached hydrogens (tertiary/aromatic N) is 1. The first kappa shape index (κ1) is 20.6. The number of para-hydroxylation sites is 1. The summed E-state index contributed by atoms with van der Waals surface area (Å²) in [4.78, 5) is 27.3. The molecule has 5 rings (SSSR count). The number of carbonyl (C=O) groups is 2. The van der Waals surface area contributed by atoms with E-state index in [1.54, 1.807) is 24.3 Å². The van der Waals surface area contributed by atoms with E-state index < -0.39 is 40.9 Å². The molecule has 0 radical (unpaired) electrons. The Morgan fingerprint density at radius 2 is 1.61 bits per heavy atom. The topological polar surface area (TPSA) is 70.8 Å². The molecule has 5 nitrogen and oxygen atoms in total. The van der Waals surface area contributed by atoms with Crippen molar-refractivity contribution < 1.29 is 32.3 Å². The van der Waals surface area contributed by atoms with Gasteiger partial charge in [0.05, 0.1) is 17.3 Å². The highest BCUT2D eigenvalue weighted by atomic mass is 19.1. The van der Waals surface area contributed by atoms with Crippen molar-refractivity contribution in [2.24, 2.45) is 0 Å². The van der Waals surface area contributed by atoms with Gasteiger partial charge in [0, 0.05) is 11.5 Å². The Kier molecular flexibility index (Phi) is 4.78. The number of aliphatic hydroxyl groups is 1. The second-order valence-corrected chi connectivity index (χ2v) is 7.46. The first-order valence-corrected chi connectivity index (χ1v) is 9.85. The summed E-state index contributed by atoms with van der Waals surface area (Å²) in [6.07, 6.45) is 0. The predicted molar refractivity (Wildman–Crippen MR) is 113 cm³/mol. The predicted octanol–water partition coefficient (Wildman–Crippen LogP) is 5.63. The fourth-order valence-electron chi connectivity index (χ4n) is 3.95. The number of Topliss-reactive ketones (excluding diaryl/α,β-unsaturated/α-hetero) is 1. The van der Waals surface area contributed by atoms with Gasteiger partial charge >= 0.3 is 0 Å². The number of halogens is 3. The average molecular weight is 449 g/mol. The highest BCUT2D eigenvalue weighted by Crippen LogP contribution is 2.43. The largest absolute Gasteiger partial charge is 0.503 e. The van der Waals surface area contributed by atoms with Crippen LogP contribution < -0.4 is 4.90 Å². The zero-order valence-electron chi connectivity index (χ0n) is 16.8. The highest BCUT2D eigenvalue weighted by Gasteiger charge is 2.46. The summed E-state index contributed by atoms with van der Waals surface area (Å²) >= 11 is 0. The molecule has 0 saturated heterocycles. The molecule has 1 unspecified atom stereocenters. The number of anilines is 1. The molecule has 0 saturated carbocycles. The van der Waals surface area contributed by atoms with Crippen molar-refractivity contribution in [3.8, 4) is 0 Å². The lowest BCUT2D eigenvalue weighted by Gasteiger charge is -2.27. The molecule has 3 aromatic carbocycles. The highest BCUT2D eigenvalue weighted by molar-refractivity contribution is 6.20. The van der Waals surface area contributed by atoms with E-state index >= 15 is 0 Å². The van der Waals surface area contributed by atoms with E-state index in [9.17, 15) is 27.9 Å². The van der Waals surface area contributed by atoms with Crippen LogP contribution in [0, 0.1) is 17.5 Å². The van der Waals surface area contributed by atoms with Gasteiger partial charge in [-0.3, -0.25) is 14.5 Å². The molecule has 33 heavy (non-hydrogen) atoms. The van der Waals surface area contributed by atoms with Gasteiger partial charge in [-0.1, -0.05) is 30.3 Å². The van der Waals surface area contributed by atoms with Crippen LogP contribution in [0.2, 0.25) is 0 Å². The van der Waals surface area contributed by atoms with E-state index in [1.165, 1.54) is 18.2 Å². The fraction of sp³-hybridized carbons (Fsp3) is 0.0400. The molecule has 0 fully saturated rings. The maximum atomic E-state index is 14.6. The van der Waals surface area contributed by atoms with E-state index in [2.05, 4.69) is 0 Å². The Morgan fingerprint density at radius 3 is 2.30 bits per heavy atom. The number of ketones is 1. The molecule has 1 aliphatic heterocycles. The summed E-state index contributed by atoms with van der Waals surface area (Å²) in [7, 11) is 0. The van der Waals surface area contributed by atoms with Crippen molar-refractivity contribution in [3.05, 3.63) is 113 Å². The lowest BCUT2D eigenvalue weighted by atomic mass is 9.94. The summed E-state index contributed by atoms with van der Waals surface area (Å²) in [5, 5.41) is 11.3. The Hall–Kier alpha value is -4.33. The molecule has 1 aromatic heterocycles. The van der Waals surface area contributed by atoms with Gasteiger partial charge in [0.1, 0.15) is 23.0 Å². The smallest absolute Gasteiger partial charge is 0.294 e. The van der Waals surface area contributed by atoms with Crippen LogP contribution in [-0.2, 0) is 4.79 Å². The molecule has 1 amide bonds. The maximum absolute atomic E-state index is 14.6. The van der Waals surface area contributed by atoms with Crippen LogP contribution in [0.1, 0.15) is 22.2 Å². The standard InChI is InChI=1S/C25H14F3NO4/c26-15-7-5-13(6-8-15)22-21(23(30)20-11-14-3-1-2-4-19(14)33-20)24(31)25(32)29(22)18-10-9-16(27)12-17(18)28/h1-12,22,31H. The molecule has 0 spiro atoms. The number of fused-ring (bicyclic) bond motifs is 1. The zero-order valence-corrected chi connectivity index (χ0v) is 16.8. The second kappa shape index (κ2) is 7.67. The number of benzene rings is 3. The van der Waals surface area contributed by atoms with Crippen LogP contribution in [0.3, 0.4) is 0 Å². The maximum Gasteiger partial charge on any atom is 0.294 e. The monoisotopic (exact) mass is 449 g/mol. The van der Waals surface area contributed by atoms with Gasteiger partial charge in [-0.15, -0.1) is 0 Å². The van der Waals surface area contributed by atoms with Crippen molar-refractivity contribution in [2.45, 2.75) is 6.04 Å². The van der Waals surface area contributed by atoms with Crippen LogP contribution >= 0.6 is 0 Å². The van der Waals surface area contributed by atoms with Crippen molar-refractivity contribution in [3.63, 3.8) is 0 Å². The third kappa shape index (κ3) is 3.36. The van der Waals surface area contributed by atoms with E-state index in [0.717, 1.165) is 29.2 Å². The van der Waals surface area contributed by atoms with Crippen LogP contribution in [0.25, 0.3) is 11.0 Å². The fourth-order valence-corrected chi connectivity index (χ4v) is 3.95. The zero-order chi connectivity index (χ0) is 23.3. The van der Waals surface area contributed by atoms with Crippen LogP contribution in [-0.4, -0.2) is 16.8 Å². The van der Waals surface area contributed by atoms with Crippen molar-refractivity contribution in [1.82, 2.24) is 0 Å². The number of hydrogen-bond donors (Lipinski definition) is 1. The second-order valence-electron chi connectivity index (χ2n) is 7.46. The van der Waals surface area contributed by atoms with Gasteiger partial charge in [0.25, 0.3) is 5.91 Å². The van der Waals surface area contributed by atoms with E-state index in [4.69, 9.17) is 4.42 Å². The number of hydrogen-bond acceptors (Lipinski definition) is 4. The Balaban J connectivity index is 1.68. The Labute approximate surface area is 185 Å². The summed E-state index contributed by atoms with van der Waals surface area (Å²) < 4.78 is 47.3. The molecular formula is C25H14F3NO4. The van der Waals surface area contributed by atoms with E-state index in [1.807, 2.05) is 0 Å². The van der Waals surface area contributed by atoms with E-state index in [-0.39, 0.29) is 22.6 Å². The van der Waals surface area contributed by atoms with Gasteiger partial charge in [0.2, 0.25) is 5.78 Å². The molecule has 1 aliphatic rings. The molecule has 0 aliphatic carbocycles. The normalized spacial score (nSPS) is 16.2. The van der Waals surface area contributed by atoms with Gasteiger partial charge in [-0.2, -0.15) is 0 Å². The Morgan fingerprint density at radius 1 is 0.909 bits per heavy atom. The first-order valence-electron chi connectivity index (χ1n) is 9.85. The molecule has 1 N–H and O–H groups in total. The number of carbonyl (C=O) groups excluding carboxylic acids is 2. The van der Waals surface area contributed by atoms with Crippen molar-refractivity contribution in [2.75, 3.05) is 4.90 Å². The minimum absolute atomic E-state index is 0.140. The number of aliphatic hydroxyl groups excluding tert-OH is 1. The molecule has 0 bridgehead atoms.